The highest BCUT2D eigenvalue weighted by atomic mass is 35.5. The van der Waals surface area contributed by atoms with Crippen LogP contribution in [0.25, 0.3) is 0 Å². The number of amides is 2. The molecule has 0 aliphatic rings. The minimum absolute atomic E-state index is 0.0120. The Labute approximate surface area is 123 Å². The second kappa shape index (κ2) is 8.43. The zero-order valence-corrected chi connectivity index (χ0v) is 12.4. The summed E-state index contributed by atoms with van der Waals surface area (Å²) in [5.41, 5.74) is 0.375. The van der Waals surface area contributed by atoms with Gasteiger partial charge in [0.2, 0.25) is 5.91 Å². The Morgan fingerprint density at radius 2 is 1.95 bits per heavy atom. The van der Waals surface area contributed by atoms with Crippen molar-refractivity contribution in [2.45, 2.75) is 19.8 Å². The van der Waals surface area contributed by atoms with Gasteiger partial charge in [-0.05, 0) is 24.6 Å². The minimum atomic E-state index is -0.283. The fraction of sp³-hybridized carbons (Fsp3) is 0.429. The summed E-state index contributed by atoms with van der Waals surface area (Å²) in [5, 5.41) is 5.89. The van der Waals surface area contributed by atoms with Crippen LogP contribution in [0.1, 0.15) is 30.1 Å². The van der Waals surface area contributed by atoms with Gasteiger partial charge in [0, 0.05) is 24.5 Å². The lowest BCUT2D eigenvalue weighted by Crippen LogP contribution is -2.34. The van der Waals surface area contributed by atoms with E-state index >= 15 is 0 Å². The molecule has 0 spiro atoms. The Kier molecular flexibility index (Phi) is 6.87. The van der Waals surface area contributed by atoms with E-state index in [2.05, 4.69) is 10.6 Å². The van der Waals surface area contributed by atoms with Crippen molar-refractivity contribution in [1.29, 1.82) is 0 Å². The molecule has 0 bridgehead atoms. The first kappa shape index (κ1) is 16.3. The van der Waals surface area contributed by atoms with Gasteiger partial charge in [-0.15, -0.1) is 0 Å². The Morgan fingerprint density at radius 3 is 2.60 bits per heavy atom. The molecule has 0 atom stereocenters. The molecule has 0 radical (unpaired) electrons. The molecule has 2 amide bonds. The van der Waals surface area contributed by atoms with E-state index in [4.69, 9.17) is 16.3 Å². The smallest absolute Gasteiger partial charge is 0.255 e. The molecule has 0 aliphatic heterocycles. The van der Waals surface area contributed by atoms with Gasteiger partial charge in [-0.1, -0.05) is 18.5 Å². The topological polar surface area (TPSA) is 67.4 Å². The van der Waals surface area contributed by atoms with Gasteiger partial charge in [-0.2, -0.15) is 0 Å². The molecule has 0 fully saturated rings. The largest absolute Gasteiger partial charge is 0.496 e. The predicted molar refractivity (Wildman–Crippen MR) is 78.3 cm³/mol. The molecule has 0 heterocycles. The van der Waals surface area contributed by atoms with Gasteiger partial charge in [0.15, 0.2) is 0 Å². The molecule has 0 saturated heterocycles. The lowest BCUT2D eigenvalue weighted by atomic mass is 10.2. The average molecular weight is 299 g/mol. The summed E-state index contributed by atoms with van der Waals surface area (Å²) in [6, 6.07) is 4.84. The third kappa shape index (κ3) is 5.09. The molecule has 110 valence electrons. The van der Waals surface area contributed by atoms with Crippen molar-refractivity contribution in [3.05, 3.63) is 28.8 Å². The van der Waals surface area contributed by atoms with Crippen molar-refractivity contribution >= 4 is 23.4 Å². The zero-order valence-electron chi connectivity index (χ0n) is 11.7. The van der Waals surface area contributed by atoms with Crippen LogP contribution in [0.3, 0.4) is 0 Å². The number of rotatable bonds is 7. The standard InChI is InChI=1S/C14H19ClN2O3/c1-3-4-13(18)16-7-8-17-14(19)11-9-10(15)5-6-12(11)20-2/h5-6,9H,3-4,7-8H2,1-2H3,(H,16,18)(H,17,19). The van der Waals surface area contributed by atoms with Crippen molar-refractivity contribution in [3.8, 4) is 5.75 Å². The van der Waals surface area contributed by atoms with Crippen LogP contribution < -0.4 is 15.4 Å². The molecule has 20 heavy (non-hydrogen) atoms. The fourth-order valence-electron chi connectivity index (χ4n) is 1.65. The average Bonchev–Trinajstić information content (AvgIpc) is 2.43. The van der Waals surface area contributed by atoms with Crippen LogP contribution >= 0.6 is 11.6 Å². The summed E-state index contributed by atoms with van der Waals surface area (Å²) in [6.07, 6.45) is 1.30. The number of halogens is 1. The van der Waals surface area contributed by atoms with E-state index in [9.17, 15) is 9.59 Å². The first-order valence-electron chi connectivity index (χ1n) is 6.47. The van der Waals surface area contributed by atoms with E-state index in [0.717, 1.165) is 6.42 Å². The number of ether oxygens (including phenoxy) is 1. The summed E-state index contributed by atoms with van der Waals surface area (Å²) in [5.74, 6) is 0.165. The fourth-order valence-corrected chi connectivity index (χ4v) is 1.82. The summed E-state index contributed by atoms with van der Waals surface area (Å²) in [4.78, 5) is 23.2. The Balaban J connectivity index is 2.47. The van der Waals surface area contributed by atoms with E-state index in [1.54, 1.807) is 18.2 Å². The highest BCUT2D eigenvalue weighted by Crippen LogP contribution is 2.22. The normalized spacial score (nSPS) is 9.95. The predicted octanol–water partition coefficient (Wildman–Crippen LogP) is 1.99. The van der Waals surface area contributed by atoms with Crippen LogP contribution in [-0.4, -0.2) is 32.0 Å². The second-order valence-electron chi connectivity index (χ2n) is 4.20. The molecule has 0 aliphatic carbocycles. The molecule has 0 saturated carbocycles. The number of methoxy groups -OCH3 is 1. The van der Waals surface area contributed by atoms with Crippen molar-refractivity contribution in [2.75, 3.05) is 20.2 Å². The monoisotopic (exact) mass is 298 g/mol. The number of nitrogens with one attached hydrogen (secondary N) is 2. The lowest BCUT2D eigenvalue weighted by Gasteiger charge is -2.10. The van der Waals surface area contributed by atoms with Crippen LogP contribution in [-0.2, 0) is 4.79 Å². The molecule has 5 nitrogen and oxygen atoms in total. The number of hydrogen-bond donors (Lipinski definition) is 2. The number of carbonyl (C=O) groups is 2. The highest BCUT2D eigenvalue weighted by molar-refractivity contribution is 6.31. The van der Waals surface area contributed by atoms with Gasteiger partial charge in [-0.25, -0.2) is 0 Å². The minimum Gasteiger partial charge on any atom is -0.496 e. The lowest BCUT2D eigenvalue weighted by molar-refractivity contribution is -0.121. The van der Waals surface area contributed by atoms with Crippen molar-refractivity contribution in [2.24, 2.45) is 0 Å². The molecule has 1 aromatic carbocycles. The van der Waals surface area contributed by atoms with Gasteiger partial charge < -0.3 is 15.4 Å². The number of benzene rings is 1. The maximum absolute atomic E-state index is 12.0. The van der Waals surface area contributed by atoms with E-state index in [1.807, 2.05) is 6.92 Å². The van der Waals surface area contributed by atoms with Crippen molar-refractivity contribution in [1.82, 2.24) is 10.6 Å². The first-order valence-corrected chi connectivity index (χ1v) is 6.84. The van der Waals surface area contributed by atoms with Gasteiger partial charge in [0.1, 0.15) is 5.75 Å². The van der Waals surface area contributed by atoms with Crippen LogP contribution in [0, 0.1) is 0 Å². The van der Waals surface area contributed by atoms with Gasteiger partial charge >= 0.3 is 0 Å². The van der Waals surface area contributed by atoms with Crippen LogP contribution in [0.4, 0.5) is 0 Å². The molecular weight excluding hydrogens is 280 g/mol. The maximum atomic E-state index is 12.0. The van der Waals surface area contributed by atoms with Gasteiger partial charge in [0.25, 0.3) is 5.91 Å². The molecule has 6 heteroatoms. The van der Waals surface area contributed by atoms with Crippen molar-refractivity contribution in [3.63, 3.8) is 0 Å². The molecule has 1 rings (SSSR count). The quantitative estimate of drug-likeness (QED) is 0.757. The van der Waals surface area contributed by atoms with E-state index in [0.29, 0.717) is 35.8 Å². The Bertz CT molecular complexity index is 477. The summed E-state index contributed by atoms with van der Waals surface area (Å²) >= 11 is 5.86. The Hall–Kier alpha value is -1.75. The van der Waals surface area contributed by atoms with Crippen molar-refractivity contribution < 1.29 is 14.3 Å². The van der Waals surface area contributed by atoms with E-state index in [-0.39, 0.29) is 11.8 Å². The number of carbonyl (C=O) groups excluding carboxylic acids is 2. The summed E-state index contributed by atoms with van der Waals surface area (Å²) in [7, 11) is 1.49. The molecule has 2 N–H and O–H groups in total. The molecule has 0 aromatic heterocycles. The number of hydrogen-bond acceptors (Lipinski definition) is 3. The maximum Gasteiger partial charge on any atom is 0.255 e. The molecular formula is C14H19ClN2O3. The van der Waals surface area contributed by atoms with Crippen LogP contribution in [0.2, 0.25) is 5.02 Å². The third-order valence-corrected chi connectivity index (χ3v) is 2.85. The summed E-state index contributed by atoms with van der Waals surface area (Å²) in [6.45, 7) is 2.68. The van der Waals surface area contributed by atoms with Gasteiger partial charge in [0.05, 0.1) is 12.7 Å². The zero-order chi connectivity index (χ0) is 15.0. The van der Waals surface area contributed by atoms with E-state index < -0.39 is 0 Å². The van der Waals surface area contributed by atoms with Gasteiger partial charge in [-0.3, -0.25) is 9.59 Å². The molecule has 0 unspecified atom stereocenters. The first-order chi connectivity index (χ1) is 9.58. The Morgan fingerprint density at radius 1 is 1.25 bits per heavy atom. The van der Waals surface area contributed by atoms with Crippen LogP contribution in [0.5, 0.6) is 5.75 Å². The molecule has 1 aromatic rings. The third-order valence-electron chi connectivity index (χ3n) is 2.62. The van der Waals surface area contributed by atoms with Crippen LogP contribution in [0.15, 0.2) is 18.2 Å². The SMILES string of the molecule is CCCC(=O)NCCNC(=O)c1cc(Cl)ccc1OC. The highest BCUT2D eigenvalue weighted by Gasteiger charge is 2.12. The summed E-state index contributed by atoms with van der Waals surface area (Å²) < 4.78 is 5.11. The second-order valence-corrected chi connectivity index (χ2v) is 4.64. The van der Waals surface area contributed by atoms with E-state index in [1.165, 1.54) is 7.11 Å².